The third-order valence-corrected chi connectivity index (χ3v) is 6.39. The minimum absolute atomic E-state index is 0.740. The van der Waals surface area contributed by atoms with Crippen LogP contribution in [0.15, 0.2) is 0 Å². The Labute approximate surface area is 131 Å². The number of rotatable bonds is 3. The second-order valence-electron chi connectivity index (χ2n) is 7.88. The molecule has 3 rings (SSSR count). The Morgan fingerprint density at radius 1 is 1.05 bits per heavy atom. The van der Waals surface area contributed by atoms with Gasteiger partial charge in [0, 0.05) is 31.2 Å². The number of hydrogen-bond donors (Lipinski definition) is 1. The van der Waals surface area contributed by atoms with Crippen molar-refractivity contribution in [2.24, 2.45) is 11.8 Å². The number of nitrogens with one attached hydrogen (secondary N) is 1. The van der Waals surface area contributed by atoms with Gasteiger partial charge in [-0.2, -0.15) is 0 Å². The summed E-state index contributed by atoms with van der Waals surface area (Å²) in [6.45, 7) is 9.84. The van der Waals surface area contributed by atoms with Crippen LogP contribution in [0.1, 0.15) is 52.4 Å². The monoisotopic (exact) mass is 293 g/mol. The van der Waals surface area contributed by atoms with Gasteiger partial charge < -0.3 is 10.2 Å². The summed E-state index contributed by atoms with van der Waals surface area (Å²) in [6.07, 6.45) is 8.46. The molecule has 122 valence electrons. The minimum Gasteiger partial charge on any atom is -0.313 e. The van der Waals surface area contributed by atoms with Crippen molar-refractivity contribution < 1.29 is 0 Å². The van der Waals surface area contributed by atoms with Crippen LogP contribution in [0.4, 0.5) is 0 Å². The lowest BCUT2D eigenvalue weighted by atomic mass is 9.79. The number of piperidine rings is 2. The standard InChI is InChI=1S/C18H35N3/c1-4-19-16-8-7-14(2)12-18(16)21-11-9-17-15(13-21)6-5-10-20(17)3/h14-19H,4-13H2,1-3H3. The number of likely N-dealkylation sites (tertiary alicyclic amines) is 2. The molecule has 0 amide bonds. The maximum absolute atomic E-state index is 3.78. The van der Waals surface area contributed by atoms with E-state index in [-0.39, 0.29) is 0 Å². The van der Waals surface area contributed by atoms with E-state index in [0.717, 1.165) is 36.5 Å². The fourth-order valence-corrected chi connectivity index (χ4v) is 5.24. The molecule has 2 heterocycles. The lowest BCUT2D eigenvalue weighted by Crippen LogP contribution is -2.60. The molecular weight excluding hydrogens is 258 g/mol. The zero-order chi connectivity index (χ0) is 14.8. The Balaban J connectivity index is 1.65. The summed E-state index contributed by atoms with van der Waals surface area (Å²) in [5, 5.41) is 3.78. The summed E-state index contributed by atoms with van der Waals surface area (Å²) in [7, 11) is 2.34. The van der Waals surface area contributed by atoms with Crippen LogP contribution in [0.2, 0.25) is 0 Å². The molecule has 5 unspecified atom stereocenters. The highest BCUT2D eigenvalue weighted by Crippen LogP contribution is 2.34. The lowest BCUT2D eigenvalue weighted by molar-refractivity contribution is -0.00107. The second kappa shape index (κ2) is 6.97. The van der Waals surface area contributed by atoms with E-state index in [9.17, 15) is 0 Å². The van der Waals surface area contributed by atoms with Crippen molar-refractivity contribution in [3.8, 4) is 0 Å². The van der Waals surface area contributed by atoms with Gasteiger partial charge in [0.15, 0.2) is 0 Å². The number of nitrogens with zero attached hydrogens (tertiary/aromatic N) is 2. The third kappa shape index (κ3) is 3.46. The van der Waals surface area contributed by atoms with E-state index in [2.05, 4.69) is 36.0 Å². The molecule has 0 aromatic carbocycles. The number of fused-ring (bicyclic) bond motifs is 1. The average Bonchev–Trinajstić information content (AvgIpc) is 2.49. The van der Waals surface area contributed by atoms with Gasteiger partial charge in [-0.05, 0) is 70.5 Å². The Kier molecular flexibility index (Phi) is 5.23. The Morgan fingerprint density at radius 3 is 2.71 bits per heavy atom. The van der Waals surface area contributed by atoms with Crippen LogP contribution in [0.25, 0.3) is 0 Å². The summed E-state index contributed by atoms with van der Waals surface area (Å²) in [6, 6.07) is 2.40. The van der Waals surface area contributed by atoms with Crippen molar-refractivity contribution in [1.29, 1.82) is 0 Å². The van der Waals surface area contributed by atoms with Gasteiger partial charge in [0.25, 0.3) is 0 Å². The predicted octanol–water partition coefficient (Wildman–Crippen LogP) is 2.57. The van der Waals surface area contributed by atoms with E-state index in [4.69, 9.17) is 0 Å². The molecule has 21 heavy (non-hydrogen) atoms. The van der Waals surface area contributed by atoms with Crippen LogP contribution >= 0.6 is 0 Å². The van der Waals surface area contributed by atoms with Gasteiger partial charge in [-0.3, -0.25) is 4.90 Å². The molecule has 2 aliphatic heterocycles. The SMILES string of the molecule is CCNC1CCC(C)CC1N1CCC2C(CCCN2C)C1. The molecule has 5 atom stereocenters. The van der Waals surface area contributed by atoms with E-state index in [1.54, 1.807) is 0 Å². The van der Waals surface area contributed by atoms with Crippen molar-refractivity contribution in [3.63, 3.8) is 0 Å². The number of likely N-dealkylation sites (N-methyl/N-ethyl adjacent to an activating group) is 1. The molecule has 0 bridgehead atoms. The zero-order valence-corrected chi connectivity index (χ0v) is 14.4. The second-order valence-corrected chi connectivity index (χ2v) is 7.88. The molecule has 3 heteroatoms. The highest BCUT2D eigenvalue weighted by molar-refractivity contribution is 4.96. The van der Waals surface area contributed by atoms with Gasteiger partial charge >= 0.3 is 0 Å². The van der Waals surface area contributed by atoms with Crippen LogP contribution < -0.4 is 5.32 Å². The molecule has 3 nitrogen and oxygen atoms in total. The minimum atomic E-state index is 0.740. The lowest BCUT2D eigenvalue weighted by Gasteiger charge is -2.51. The first-order chi connectivity index (χ1) is 10.2. The third-order valence-electron chi connectivity index (χ3n) is 6.39. The largest absolute Gasteiger partial charge is 0.313 e. The van der Waals surface area contributed by atoms with Crippen LogP contribution in [0.5, 0.6) is 0 Å². The van der Waals surface area contributed by atoms with Gasteiger partial charge in [0.05, 0.1) is 0 Å². The summed E-state index contributed by atoms with van der Waals surface area (Å²) in [5.74, 6) is 1.84. The first-order valence-corrected chi connectivity index (χ1v) is 9.36. The first kappa shape index (κ1) is 15.8. The molecule has 0 spiro atoms. The van der Waals surface area contributed by atoms with Crippen molar-refractivity contribution in [1.82, 2.24) is 15.1 Å². The van der Waals surface area contributed by atoms with Crippen LogP contribution in [0.3, 0.4) is 0 Å². The molecule has 1 saturated carbocycles. The topological polar surface area (TPSA) is 18.5 Å². The quantitative estimate of drug-likeness (QED) is 0.863. The van der Waals surface area contributed by atoms with Crippen LogP contribution in [-0.2, 0) is 0 Å². The van der Waals surface area contributed by atoms with E-state index >= 15 is 0 Å². The molecule has 0 radical (unpaired) electrons. The van der Waals surface area contributed by atoms with E-state index in [1.807, 2.05) is 0 Å². The van der Waals surface area contributed by atoms with Gasteiger partial charge in [0.2, 0.25) is 0 Å². The first-order valence-electron chi connectivity index (χ1n) is 9.36. The van der Waals surface area contributed by atoms with Gasteiger partial charge in [-0.25, -0.2) is 0 Å². The maximum atomic E-state index is 3.78. The van der Waals surface area contributed by atoms with Gasteiger partial charge in [0.1, 0.15) is 0 Å². The molecule has 3 fully saturated rings. The molecule has 0 aromatic rings. The van der Waals surface area contributed by atoms with Gasteiger partial charge in [-0.1, -0.05) is 13.8 Å². The summed E-state index contributed by atoms with van der Waals surface area (Å²) in [4.78, 5) is 5.50. The Morgan fingerprint density at radius 2 is 1.90 bits per heavy atom. The van der Waals surface area contributed by atoms with E-state index < -0.39 is 0 Å². The molecular formula is C18H35N3. The highest BCUT2D eigenvalue weighted by atomic mass is 15.2. The van der Waals surface area contributed by atoms with Crippen LogP contribution in [0, 0.1) is 11.8 Å². The van der Waals surface area contributed by atoms with E-state index in [0.29, 0.717) is 0 Å². The fourth-order valence-electron chi connectivity index (χ4n) is 5.24. The summed E-state index contributed by atoms with van der Waals surface area (Å²) < 4.78 is 0. The fraction of sp³-hybridized carbons (Fsp3) is 1.00. The Hall–Kier alpha value is -0.120. The van der Waals surface area contributed by atoms with Crippen molar-refractivity contribution >= 4 is 0 Å². The molecule has 1 aliphatic carbocycles. The molecule has 2 saturated heterocycles. The smallest absolute Gasteiger partial charge is 0.0252 e. The van der Waals surface area contributed by atoms with Crippen LogP contribution in [-0.4, -0.2) is 61.2 Å². The Bertz CT molecular complexity index is 332. The van der Waals surface area contributed by atoms with Crippen molar-refractivity contribution in [2.45, 2.75) is 70.5 Å². The zero-order valence-electron chi connectivity index (χ0n) is 14.4. The normalized spacial score (nSPS) is 42.7. The van der Waals surface area contributed by atoms with E-state index in [1.165, 1.54) is 58.2 Å². The van der Waals surface area contributed by atoms with Gasteiger partial charge in [-0.15, -0.1) is 0 Å². The summed E-state index contributed by atoms with van der Waals surface area (Å²) >= 11 is 0. The molecule has 1 N–H and O–H groups in total. The average molecular weight is 293 g/mol. The molecule has 3 aliphatic rings. The van der Waals surface area contributed by atoms with Crippen molar-refractivity contribution in [2.75, 3.05) is 33.2 Å². The maximum Gasteiger partial charge on any atom is 0.0252 e. The number of hydrogen-bond acceptors (Lipinski definition) is 3. The predicted molar refractivity (Wildman–Crippen MR) is 89.6 cm³/mol. The highest BCUT2D eigenvalue weighted by Gasteiger charge is 2.39. The van der Waals surface area contributed by atoms with Crippen molar-refractivity contribution in [3.05, 3.63) is 0 Å². The summed E-state index contributed by atoms with van der Waals surface area (Å²) in [5.41, 5.74) is 0. The molecule has 0 aromatic heterocycles.